The van der Waals surface area contributed by atoms with E-state index in [1.807, 2.05) is 0 Å². The zero-order chi connectivity index (χ0) is 8.97. The average molecular weight is 171 g/mol. The molecular weight excluding hydrogens is 162 g/mol. The first-order chi connectivity index (χ1) is 5.74. The number of ether oxygens (including phenoxy) is 1. The average Bonchev–Trinajstić information content (AvgIpc) is 2.48. The smallest absolute Gasteiger partial charge is 0.358 e. The van der Waals surface area contributed by atoms with Crippen LogP contribution in [0.3, 0.4) is 0 Å². The molecule has 0 radical (unpaired) electrons. The van der Waals surface area contributed by atoms with Crippen molar-refractivity contribution in [2.75, 3.05) is 13.7 Å². The van der Waals surface area contributed by atoms with Gasteiger partial charge in [-0.25, -0.2) is 4.79 Å². The van der Waals surface area contributed by atoms with Crippen molar-refractivity contribution in [3.63, 3.8) is 0 Å². The molecule has 0 bridgehead atoms. The molecule has 0 unspecified atom stereocenters. The van der Waals surface area contributed by atoms with Crippen LogP contribution in [-0.2, 0) is 11.3 Å². The maximum Gasteiger partial charge on any atom is 0.358 e. The maximum absolute atomic E-state index is 10.3. The van der Waals surface area contributed by atoms with Gasteiger partial charge in [-0.1, -0.05) is 0 Å². The van der Waals surface area contributed by atoms with Crippen LogP contribution in [0.4, 0.5) is 0 Å². The molecule has 0 spiro atoms. The van der Waals surface area contributed by atoms with Crippen molar-refractivity contribution in [1.82, 2.24) is 15.0 Å². The van der Waals surface area contributed by atoms with E-state index in [0.717, 1.165) is 0 Å². The lowest BCUT2D eigenvalue weighted by Crippen LogP contribution is -2.08. The summed E-state index contributed by atoms with van der Waals surface area (Å²) in [7, 11) is 1.56. The fourth-order valence-corrected chi connectivity index (χ4v) is 0.676. The van der Waals surface area contributed by atoms with Crippen LogP contribution in [0.2, 0.25) is 0 Å². The molecule has 1 N–H and O–H groups in total. The molecular formula is C6H9N3O3. The lowest BCUT2D eigenvalue weighted by Gasteiger charge is -1.95. The number of aromatic nitrogens is 3. The van der Waals surface area contributed by atoms with Gasteiger partial charge in [0.25, 0.3) is 0 Å². The van der Waals surface area contributed by atoms with Crippen LogP contribution in [0.25, 0.3) is 0 Å². The molecule has 1 rings (SSSR count). The summed E-state index contributed by atoms with van der Waals surface area (Å²) in [6.07, 6.45) is 1.21. The number of methoxy groups -OCH3 is 1. The SMILES string of the molecule is COCCn1ncc(C(=O)O)n1. The minimum Gasteiger partial charge on any atom is -0.476 e. The second-order valence-corrected chi connectivity index (χ2v) is 2.12. The molecule has 0 aliphatic rings. The van der Waals surface area contributed by atoms with E-state index in [-0.39, 0.29) is 5.69 Å². The number of rotatable bonds is 4. The van der Waals surface area contributed by atoms with Crippen molar-refractivity contribution >= 4 is 5.97 Å². The van der Waals surface area contributed by atoms with Gasteiger partial charge in [0, 0.05) is 7.11 Å². The summed E-state index contributed by atoms with van der Waals surface area (Å²) in [5.74, 6) is -1.07. The second kappa shape index (κ2) is 3.82. The van der Waals surface area contributed by atoms with E-state index in [4.69, 9.17) is 9.84 Å². The van der Waals surface area contributed by atoms with Crippen molar-refractivity contribution in [3.8, 4) is 0 Å². The van der Waals surface area contributed by atoms with Crippen LogP contribution in [-0.4, -0.2) is 39.8 Å². The molecule has 0 saturated heterocycles. The monoisotopic (exact) mass is 171 g/mol. The molecule has 0 aliphatic heterocycles. The van der Waals surface area contributed by atoms with Crippen LogP contribution >= 0.6 is 0 Å². The summed E-state index contributed by atoms with van der Waals surface area (Å²) in [6, 6.07) is 0. The van der Waals surface area contributed by atoms with Gasteiger partial charge in [0.05, 0.1) is 19.3 Å². The summed E-state index contributed by atoms with van der Waals surface area (Å²) < 4.78 is 4.77. The first-order valence-corrected chi connectivity index (χ1v) is 3.36. The number of carboxylic acid groups (broad SMARTS) is 1. The van der Waals surface area contributed by atoms with Crippen LogP contribution in [0, 0.1) is 0 Å². The van der Waals surface area contributed by atoms with Crippen molar-refractivity contribution in [3.05, 3.63) is 11.9 Å². The maximum atomic E-state index is 10.3. The molecule has 66 valence electrons. The van der Waals surface area contributed by atoms with E-state index in [9.17, 15) is 4.79 Å². The van der Waals surface area contributed by atoms with Gasteiger partial charge in [-0.3, -0.25) is 0 Å². The molecule has 0 aliphatic carbocycles. The van der Waals surface area contributed by atoms with Crippen LogP contribution in [0.15, 0.2) is 6.20 Å². The third-order valence-corrected chi connectivity index (χ3v) is 1.25. The molecule has 6 heteroatoms. The van der Waals surface area contributed by atoms with E-state index in [1.54, 1.807) is 7.11 Å². The number of nitrogens with zero attached hydrogens (tertiary/aromatic N) is 3. The number of hydrogen-bond donors (Lipinski definition) is 1. The Hall–Kier alpha value is -1.43. The van der Waals surface area contributed by atoms with Crippen LogP contribution in [0.5, 0.6) is 0 Å². The minimum atomic E-state index is -1.07. The Labute approximate surface area is 68.8 Å². The molecule has 0 aromatic carbocycles. The van der Waals surface area contributed by atoms with E-state index in [1.165, 1.54) is 11.0 Å². The topological polar surface area (TPSA) is 77.2 Å². The van der Waals surface area contributed by atoms with E-state index >= 15 is 0 Å². The van der Waals surface area contributed by atoms with E-state index in [0.29, 0.717) is 13.2 Å². The zero-order valence-corrected chi connectivity index (χ0v) is 6.60. The highest BCUT2D eigenvalue weighted by molar-refractivity contribution is 5.84. The summed E-state index contributed by atoms with van der Waals surface area (Å²) in [5, 5.41) is 15.9. The summed E-state index contributed by atoms with van der Waals surface area (Å²) >= 11 is 0. The predicted molar refractivity (Wildman–Crippen MR) is 38.9 cm³/mol. The number of carboxylic acids is 1. The fraction of sp³-hybridized carbons (Fsp3) is 0.500. The molecule has 0 amide bonds. The van der Waals surface area contributed by atoms with Crippen LogP contribution < -0.4 is 0 Å². The van der Waals surface area contributed by atoms with Gasteiger partial charge in [0.2, 0.25) is 0 Å². The summed E-state index contributed by atoms with van der Waals surface area (Å²) in [6.45, 7) is 0.928. The Bertz CT molecular complexity index is 271. The Kier molecular flexibility index (Phi) is 2.76. The molecule has 12 heavy (non-hydrogen) atoms. The van der Waals surface area contributed by atoms with Gasteiger partial charge in [-0.15, -0.1) is 5.10 Å². The van der Waals surface area contributed by atoms with Gasteiger partial charge >= 0.3 is 5.97 Å². The third kappa shape index (κ3) is 2.03. The standard InChI is InChI=1S/C6H9N3O3/c1-12-3-2-9-7-4-5(8-9)6(10)11/h4H,2-3H2,1H3,(H,10,11). The summed E-state index contributed by atoms with van der Waals surface area (Å²) in [4.78, 5) is 11.6. The van der Waals surface area contributed by atoms with Crippen molar-refractivity contribution in [1.29, 1.82) is 0 Å². The summed E-state index contributed by atoms with van der Waals surface area (Å²) in [5.41, 5.74) is -0.0499. The second-order valence-electron chi connectivity index (χ2n) is 2.12. The Morgan fingerprint density at radius 1 is 1.83 bits per heavy atom. The quantitative estimate of drug-likeness (QED) is 0.668. The van der Waals surface area contributed by atoms with E-state index < -0.39 is 5.97 Å². The van der Waals surface area contributed by atoms with Crippen molar-refractivity contribution < 1.29 is 14.6 Å². The molecule has 1 aromatic rings. The molecule has 6 nitrogen and oxygen atoms in total. The zero-order valence-electron chi connectivity index (χ0n) is 6.60. The lowest BCUT2D eigenvalue weighted by atomic mass is 10.5. The number of aromatic carboxylic acids is 1. The predicted octanol–water partition coefficient (Wildman–Crippen LogP) is -0.377. The van der Waals surface area contributed by atoms with Crippen LogP contribution in [0.1, 0.15) is 10.5 Å². The lowest BCUT2D eigenvalue weighted by molar-refractivity contribution is 0.0689. The molecule has 1 aromatic heterocycles. The van der Waals surface area contributed by atoms with Crippen molar-refractivity contribution in [2.45, 2.75) is 6.54 Å². The van der Waals surface area contributed by atoms with Gasteiger partial charge in [0.15, 0.2) is 5.69 Å². The normalized spacial score (nSPS) is 10.1. The number of carbonyl (C=O) groups is 1. The van der Waals surface area contributed by atoms with Crippen molar-refractivity contribution in [2.24, 2.45) is 0 Å². The van der Waals surface area contributed by atoms with Gasteiger partial charge in [0.1, 0.15) is 0 Å². The third-order valence-electron chi connectivity index (χ3n) is 1.25. The minimum absolute atomic E-state index is 0.0499. The first-order valence-electron chi connectivity index (χ1n) is 3.36. The number of hydrogen-bond acceptors (Lipinski definition) is 4. The van der Waals surface area contributed by atoms with E-state index in [2.05, 4.69) is 10.2 Å². The van der Waals surface area contributed by atoms with Gasteiger partial charge < -0.3 is 9.84 Å². The molecule has 1 heterocycles. The Morgan fingerprint density at radius 3 is 3.08 bits per heavy atom. The van der Waals surface area contributed by atoms with Gasteiger partial charge in [-0.2, -0.15) is 9.90 Å². The first kappa shape index (κ1) is 8.66. The van der Waals surface area contributed by atoms with Gasteiger partial charge in [-0.05, 0) is 0 Å². The molecule has 0 atom stereocenters. The Morgan fingerprint density at radius 2 is 2.58 bits per heavy atom. The fourth-order valence-electron chi connectivity index (χ4n) is 0.676. The highest BCUT2D eigenvalue weighted by Crippen LogP contribution is 1.90. The highest BCUT2D eigenvalue weighted by Gasteiger charge is 2.06. The highest BCUT2D eigenvalue weighted by atomic mass is 16.5. The Balaban J connectivity index is 2.58. The molecule has 0 fully saturated rings. The molecule has 0 saturated carbocycles. The largest absolute Gasteiger partial charge is 0.476 e.